The minimum absolute atomic E-state index is 0.0396. The molecule has 1 saturated heterocycles. The van der Waals surface area contributed by atoms with E-state index in [0.29, 0.717) is 19.8 Å². The molecule has 4 rings (SSSR count). The molecule has 0 saturated carbocycles. The summed E-state index contributed by atoms with van der Waals surface area (Å²) in [5.41, 5.74) is 3.49. The first-order valence-electron chi connectivity index (χ1n) is 13.4. The minimum Gasteiger partial charge on any atom is -0.490 e. The number of ether oxygens (including phenoxy) is 4. The summed E-state index contributed by atoms with van der Waals surface area (Å²) in [6.07, 6.45) is 6.75. The molecule has 0 bridgehead atoms. The second-order valence-electron chi connectivity index (χ2n) is 9.17. The lowest BCUT2D eigenvalue weighted by molar-refractivity contribution is -0.192. The zero-order valence-corrected chi connectivity index (χ0v) is 22.0. The van der Waals surface area contributed by atoms with Crippen molar-refractivity contribution in [1.82, 2.24) is 5.32 Å². The molecule has 3 aromatic carbocycles. The van der Waals surface area contributed by atoms with Crippen molar-refractivity contribution < 1.29 is 18.9 Å². The molecule has 3 aromatic rings. The van der Waals surface area contributed by atoms with Crippen LogP contribution >= 0.6 is 0 Å². The van der Waals surface area contributed by atoms with Crippen molar-refractivity contribution in [3.63, 3.8) is 0 Å². The zero-order valence-electron chi connectivity index (χ0n) is 22.0. The maximum absolute atomic E-state index is 6.45. The van der Waals surface area contributed by atoms with Crippen LogP contribution in [0.4, 0.5) is 0 Å². The fourth-order valence-electron chi connectivity index (χ4n) is 4.54. The van der Waals surface area contributed by atoms with Crippen LogP contribution in [-0.4, -0.2) is 38.8 Å². The molecule has 5 heteroatoms. The molecule has 1 aliphatic rings. The summed E-state index contributed by atoms with van der Waals surface area (Å²) >= 11 is 0. The van der Waals surface area contributed by atoms with Crippen LogP contribution in [0.5, 0.6) is 11.5 Å². The maximum atomic E-state index is 6.45. The molecule has 2 unspecified atom stereocenters. The highest BCUT2D eigenvalue weighted by Crippen LogP contribution is 2.30. The van der Waals surface area contributed by atoms with Gasteiger partial charge in [-0.1, -0.05) is 78.9 Å². The van der Waals surface area contributed by atoms with E-state index in [0.717, 1.165) is 42.9 Å². The third kappa shape index (κ3) is 8.19. The molecule has 1 aliphatic heterocycles. The summed E-state index contributed by atoms with van der Waals surface area (Å²) in [6, 6.07) is 27.1. The number of allylic oxidation sites excluding steroid dienone is 1. The van der Waals surface area contributed by atoms with Gasteiger partial charge in [-0.2, -0.15) is 0 Å². The van der Waals surface area contributed by atoms with E-state index in [1.165, 1.54) is 11.1 Å². The Morgan fingerprint density at radius 2 is 1.65 bits per heavy atom. The Balaban J connectivity index is 1.51. The van der Waals surface area contributed by atoms with Crippen LogP contribution in [0.1, 0.15) is 55.8 Å². The summed E-state index contributed by atoms with van der Waals surface area (Å²) in [5, 5.41) is 3.75. The Morgan fingerprint density at radius 3 is 2.27 bits per heavy atom. The summed E-state index contributed by atoms with van der Waals surface area (Å²) in [4.78, 5) is 0. The normalized spacial score (nSPS) is 16.7. The molecule has 1 heterocycles. The van der Waals surface area contributed by atoms with Gasteiger partial charge in [-0.05, 0) is 61.9 Å². The largest absolute Gasteiger partial charge is 0.490 e. The second-order valence-corrected chi connectivity index (χ2v) is 9.17. The first kappa shape index (κ1) is 26.9. The van der Waals surface area contributed by atoms with Crippen molar-refractivity contribution in [1.29, 1.82) is 0 Å². The van der Waals surface area contributed by atoms with Gasteiger partial charge in [-0.3, -0.25) is 0 Å². The Hall–Kier alpha value is -3.12. The Morgan fingerprint density at radius 1 is 0.919 bits per heavy atom. The fourth-order valence-corrected chi connectivity index (χ4v) is 4.54. The molecule has 0 aliphatic carbocycles. The van der Waals surface area contributed by atoms with E-state index in [2.05, 4.69) is 59.9 Å². The van der Waals surface area contributed by atoms with Crippen LogP contribution in [0.25, 0.3) is 6.08 Å². The van der Waals surface area contributed by atoms with E-state index in [1.807, 2.05) is 50.3 Å². The lowest BCUT2D eigenvalue weighted by Gasteiger charge is -2.29. The SMILES string of the molecule is CC=Cc1ccc(OCC)c(OCC(CNC(c2ccccc2)c2ccccc2)OC2CCCCO2)c1. The van der Waals surface area contributed by atoms with Crippen molar-refractivity contribution in [3.05, 3.63) is 102 Å². The van der Waals surface area contributed by atoms with Gasteiger partial charge in [0.15, 0.2) is 17.8 Å². The molecule has 196 valence electrons. The molecule has 0 radical (unpaired) electrons. The van der Waals surface area contributed by atoms with Crippen molar-refractivity contribution in [2.75, 3.05) is 26.4 Å². The standard InChI is InChI=1S/C32H39NO4/c1-3-13-25-19-20-29(34-4-2)30(22-25)36-24-28(37-31-18-11-12-21-35-31)23-33-32(26-14-7-5-8-15-26)27-16-9-6-10-17-27/h3,5-10,13-17,19-20,22,28,31-33H,4,11-12,18,21,23-24H2,1-2H3. The number of hydrogen-bond donors (Lipinski definition) is 1. The molecule has 2 atom stereocenters. The van der Waals surface area contributed by atoms with Crippen molar-refractivity contribution in [2.45, 2.75) is 51.5 Å². The van der Waals surface area contributed by atoms with Gasteiger partial charge in [-0.25, -0.2) is 0 Å². The average molecular weight is 502 g/mol. The van der Waals surface area contributed by atoms with Gasteiger partial charge in [0.25, 0.3) is 0 Å². The summed E-state index contributed by atoms with van der Waals surface area (Å²) in [6.45, 7) is 6.28. The van der Waals surface area contributed by atoms with Crippen LogP contribution < -0.4 is 14.8 Å². The lowest BCUT2D eigenvalue weighted by atomic mass is 9.98. The van der Waals surface area contributed by atoms with Crippen LogP contribution in [0.15, 0.2) is 84.9 Å². The minimum atomic E-state index is -0.211. The molecule has 0 aromatic heterocycles. The highest BCUT2D eigenvalue weighted by molar-refractivity contribution is 5.55. The van der Waals surface area contributed by atoms with E-state index in [1.54, 1.807) is 0 Å². The highest BCUT2D eigenvalue weighted by atomic mass is 16.7. The first-order valence-corrected chi connectivity index (χ1v) is 13.4. The number of hydrogen-bond acceptors (Lipinski definition) is 5. The molecular weight excluding hydrogens is 462 g/mol. The third-order valence-corrected chi connectivity index (χ3v) is 6.35. The van der Waals surface area contributed by atoms with Gasteiger partial charge in [0, 0.05) is 13.2 Å². The highest BCUT2D eigenvalue weighted by Gasteiger charge is 2.23. The van der Waals surface area contributed by atoms with Crippen LogP contribution in [0, 0.1) is 0 Å². The molecule has 37 heavy (non-hydrogen) atoms. The molecule has 1 N–H and O–H groups in total. The molecule has 0 spiro atoms. The van der Waals surface area contributed by atoms with Gasteiger partial charge in [0.1, 0.15) is 12.7 Å². The predicted octanol–water partition coefficient (Wildman–Crippen LogP) is 6.79. The molecular formula is C32H39NO4. The first-order chi connectivity index (χ1) is 18.3. The van der Waals surface area contributed by atoms with Gasteiger partial charge in [0.2, 0.25) is 0 Å². The van der Waals surface area contributed by atoms with E-state index in [4.69, 9.17) is 18.9 Å². The second kappa shape index (κ2) is 14.6. The number of nitrogens with one attached hydrogen (secondary N) is 1. The zero-order chi connectivity index (χ0) is 25.7. The maximum Gasteiger partial charge on any atom is 0.161 e. The Labute approximate surface area is 221 Å². The van der Waals surface area contributed by atoms with Crippen molar-refractivity contribution in [3.8, 4) is 11.5 Å². The monoisotopic (exact) mass is 501 g/mol. The van der Waals surface area contributed by atoms with Gasteiger partial charge in [-0.15, -0.1) is 0 Å². The molecule has 0 amide bonds. The van der Waals surface area contributed by atoms with Crippen molar-refractivity contribution >= 4 is 6.08 Å². The molecule has 1 fully saturated rings. The van der Waals surface area contributed by atoms with E-state index < -0.39 is 0 Å². The van der Waals surface area contributed by atoms with E-state index in [9.17, 15) is 0 Å². The smallest absolute Gasteiger partial charge is 0.161 e. The summed E-state index contributed by atoms with van der Waals surface area (Å²) in [5.74, 6) is 1.46. The fraction of sp³-hybridized carbons (Fsp3) is 0.375. The number of rotatable bonds is 13. The van der Waals surface area contributed by atoms with Crippen molar-refractivity contribution in [2.24, 2.45) is 0 Å². The quantitative estimate of drug-likeness (QED) is 0.279. The number of benzene rings is 3. The molecule has 5 nitrogen and oxygen atoms in total. The van der Waals surface area contributed by atoms with Crippen LogP contribution in [0.2, 0.25) is 0 Å². The van der Waals surface area contributed by atoms with Crippen LogP contribution in [0.3, 0.4) is 0 Å². The van der Waals surface area contributed by atoms with Gasteiger partial charge in [0.05, 0.1) is 12.6 Å². The average Bonchev–Trinajstić information content (AvgIpc) is 2.95. The summed E-state index contributed by atoms with van der Waals surface area (Å²) in [7, 11) is 0. The van der Waals surface area contributed by atoms with Gasteiger partial charge >= 0.3 is 0 Å². The van der Waals surface area contributed by atoms with Gasteiger partial charge < -0.3 is 24.3 Å². The van der Waals surface area contributed by atoms with E-state index >= 15 is 0 Å². The Kier molecular flexibility index (Phi) is 10.6. The Bertz CT molecular complexity index is 1040. The topological polar surface area (TPSA) is 49.0 Å². The van der Waals surface area contributed by atoms with Crippen LogP contribution in [-0.2, 0) is 9.47 Å². The lowest BCUT2D eigenvalue weighted by Crippen LogP contribution is -2.40. The summed E-state index contributed by atoms with van der Waals surface area (Å²) < 4.78 is 24.5. The van der Waals surface area contributed by atoms with E-state index in [-0.39, 0.29) is 18.4 Å². The third-order valence-electron chi connectivity index (χ3n) is 6.35. The predicted molar refractivity (Wildman–Crippen MR) is 149 cm³/mol.